The van der Waals surface area contributed by atoms with Crippen molar-refractivity contribution < 1.29 is 4.79 Å². The van der Waals surface area contributed by atoms with E-state index in [0.717, 1.165) is 23.0 Å². The van der Waals surface area contributed by atoms with Gasteiger partial charge in [-0.05, 0) is 48.0 Å². The molecule has 0 aliphatic heterocycles. The van der Waals surface area contributed by atoms with Crippen LogP contribution in [0.25, 0.3) is 5.65 Å². The molecule has 0 radical (unpaired) electrons. The van der Waals surface area contributed by atoms with Crippen molar-refractivity contribution in [1.29, 1.82) is 0 Å². The van der Waals surface area contributed by atoms with E-state index in [1.54, 1.807) is 16.9 Å². The summed E-state index contributed by atoms with van der Waals surface area (Å²) in [5.41, 5.74) is 2.50. The van der Waals surface area contributed by atoms with E-state index in [9.17, 15) is 4.79 Å². The molecule has 4 aromatic rings. The Kier molecular flexibility index (Phi) is 5.12. The van der Waals surface area contributed by atoms with Gasteiger partial charge in [0.15, 0.2) is 16.6 Å². The number of rotatable bonds is 6. The predicted molar refractivity (Wildman–Crippen MR) is 109 cm³/mol. The molecule has 1 aromatic carbocycles. The molecule has 0 aliphatic rings. The summed E-state index contributed by atoms with van der Waals surface area (Å²) >= 11 is 1.47. The molecule has 0 bridgehead atoms. The van der Waals surface area contributed by atoms with Crippen LogP contribution in [0.15, 0.2) is 65.2 Å². The molecule has 7 nitrogen and oxygen atoms in total. The Morgan fingerprint density at radius 1 is 1.18 bits per heavy atom. The number of nitrogens with one attached hydrogen (secondary N) is 1. The molecule has 3 heterocycles. The molecule has 142 valence electrons. The van der Waals surface area contributed by atoms with E-state index in [1.807, 2.05) is 54.2 Å². The lowest BCUT2D eigenvalue weighted by Crippen LogP contribution is -2.12. The zero-order chi connectivity index (χ0) is 19.5. The van der Waals surface area contributed by atoms with Gasteiger partial charge in [0.1, 0.15) is 5.03 Å². The molecule has 1 amide bonds. The second-order valence-corrected chi connectivity index (χ2v) is 7.41. The van der Waals surface area contributed by atoms with Crippen molar-refractivity contribution in [2.24, 2.45) is 7.05 Å². The van der Waals surface area contributed by atoms with Gasteiger partial charge in [0.2, 0.25) is 0 Å². The van der Waals surface area contributed by atoms with Crippen molar-refractivity contribution in [3.8, 4) is 0 Å². The fourth-order valence-electron chi connectivity index (χ4n) is 2.82. The van der Waals surface area contributed by atoms with Gasteiger partial charge in [-0.2, -0.15) is 5.10 Å². The zero-order valence-electron chi connectivity index (χ0n) is 15.7. The zero-order valence-corrected chi connectivity index (χ0v) is 16.5. The molecule has 28 heavy (non-hydrogen) atoms. The third-order valence-corrected chi connectivity index (χ3v) is 5.27. The van der Waals surface area contributed by atoms with Crippen LogP contribution < -0.4 is 5.32 Å². The molecule has 0 saturated carbocycles. The summed E-state index contributed by atoms with van der Waals surface area (Å²) in [5, 5.41) is 9.02. The fourth-order valence-corrected chi connectivity index (χ4v) is 3.59. The third kappa shape index (κ3) is 3.91. The summed E-state index contributed by atoms with van der Waals surface area (Å²) in [7, 11) is 1.94. The van der Waals surface area contributed by atoms with Gasteiger partial charge >= 0.3 is 0 Å². The Morgan fingerprint density at radius 3 is 2.71 bits per heavy atom. The summed E-state index contributed by atoms with van der Waals surface area (Å²) in [5.74, 6) is 0.281. The van der Waals surface area contributed by atoms with Gasteiger partial charge in [-0.1, -0.05) is 25.5 Å². The van der Waals surface area contributed by atoms with Crippen LogP contribution in [-0.2, 0) is 13.5 Å². The summed E-state index contributed by atoms with van der Waals surface area (Å²) in [6.45, 7) is 2.14. The number of hydrogen-bond acceptors (Lipinski definition) is 5. The highest BCUT2D eigenvalue weighted by molar-refractivity contribution is 7.99. The number of carbonyl (C=O) groups is 1. The van der Waals surface area contributed by atoms with Crippen LogP contribution in [0.2, 0.25) is 0 Å². The summed E-state index contributed by atoms with van der Waals surface area (Å²) in [6.07, 6.45) is 7.45. The Bertz CT molecular complexity index is 1120. The van der Waals surface area contributed by atoms with Crippen molar-refractivity contribution >= 4 is 29.1 Å². The molecule has 1 N–H and O–H groups in total. The smallest absolute Gasteiger partial charge is 0.256 e. The number of anilines is 1. The van der Waals surface area contributed by atoms with Gasteiger partial charge in [0.25, 0.3) is 5.91 Å². The topological polar surface area (TPSA) is 77.1 Å². The minimum atomic E-state index is -0.186. The maximum absolute atomic E-state index is 12.5. The number of aryl methyl sites for hydroxylation is 2. The lowest BCUT2D eigenvalue weighted by molar-refractivity contribution is 0.102. The van der Waals surface area contributed by atoms with E-state index >= 15 is 0 Å². The van der Waals surface area contributed by atoms with Gasteiger partial charge in [-0.3, -0.25) is 4.79 Å². The van der Waals surface area contributed by atoms with Crippen LogP contribution in [0, 0.1) is 0 Å². The first-order valence-electron chi connectivity index (χ1n) is 9.04. The van der Waals surface area contributed by atoms with Crippen LogP contribution in [0.3, 0.4) is 0 Å². The van der Waals surface area contributed by atoms with Crippen LogP contribution in [-0.4, -0.2) is 30.1 Å². The minimum Gasteiger partial charge on any atom is -0.329 e. The molecule has 3 aromatic heterocycles. The molecule has 0 fully saturated rings. The van der Waals surface area contributed by atoms with Crippen molar-refractivity contribution in [3.05, 3.63) is 66.1 Å². The molecule has 0 unspecified atom stereocenters. The second kappa shape index (κ2) is 7.85. The lowest BCUT2D eigenvalue weighted by Gasteiger charge is -2.03. The van der Waals surface area contributed by atoms with E-state index in [4.69, 9.17) is 0 Å². The number of nitrogens with zero attached hydrogens (tertiary/aromatic N) is 5. The van der Waals surface area contributed by atoms with E-state index in [1.165, 1.54) is 17.3 Å². The highest BCUT2D eigenvalue weighted by Crippen LogP contribution is 2.24. The molecule has 0 atom stereocenters. The van der Waals surface area contributed by atoms with Crippen molar-refractivity contribution in [1.82, 2.24) is 24.1 Å². The fraction of sp³-hybridized carbons (Fsp3) is 0.200. The predicted octanol–water partition coefficient (Wildman–Crippen LogP) is 3.82. The first-order chi connectivity index (χ1) is 13.6. The number of carbonyl (C=O) groups excluding carboxylic acids is 1. The van der Waals surface area contributed by atoms with Crippen LogP contribution in [0.4, 0.5) is 5.82 Å². The first-order valence-corrected chi connectivity index (χ1v) is 9.86. The van der Waals surface area contributed by atoms with E-state index in [0.29, 0.717) is 17.0 Å². The third-order valence-electron chi connectivity index (χ3n) is 4.26. The van der Waals surface area contributed by atoms with Gasteiger partial charge in [0, 0.05) is 25.0 Å². The number of aromatic nitrogens is 5. The number of fused-ring (bicyclic) bond motifs is 1. The average molecular weight is 392 g/mol. The van der Waals surface area contributed by atoms with Gasteiger partial charge < -0.3 is 9.88 Å². The number of amides is 1. The number of hydrogen-bond donors (Lipinski definition) is 1. The van der Waals surface area contributed by atoms with Crippen molar-refractivity contribution in [2.45, 2.75) is 29.9 Å². The Hall–Kier alpha value is -3.13. The van der Waals surface area contributed by atoms with Crippen molar-refractivity contribution in [3.63, 3.8) is 0 Å². The monoisotopic (exact) mass is 392 g/mol. The van der Waals surface area contributed by atoms with Gasteiger partial charge in [0.05, 0.1) is 6.20 Å². The molecule has 4 rings (SSSR count). The Morgan fingerprint density at radius 2 is 2.00 bits per heavy atom. The summed E-state index contributed by atoms with van der Waals surface area (Å²) in [4.78, 5) is 21.2. The quantitative estimate of drug-likeness (QED) is 0.540. The molecule has 0 saturated heterocycles. The molecule has 8 heteroatoms. The number of imidazole rings is 2. The Balaban J connectivity index is 1.49. The van der Waals surface area contributed by atoms with Crippen LogP contribution in [0.5, 0.6) is 0 Å². The lowest BCUT2D eigenvalue weighted by atomic mass is 10.1. The van der Waals surface area contributed by atoms with E-state index in [2.05, 4.69) is 27.3 Å². The highest BCUT2D eigenvalue weighted by Gasteiger charge is 2.11. The molecule has 0 spiro atoms. The second-order valence-electron chi connectivity index (χ2n) is 6.42. The van der Waals surface area contributed by atoms with Gasteiger partial charge in [-0.15, -0.1) is 0 Å². The standard InChI is InChI=1S/C20H20N6OS/c1-3-4-14-5-7-15(8-6-14)19(27)23-16-13-26-17(22-16)9-10-18(24-26)28-20-21-11-12-25(20)2/h5-13H,3-4H2,1-2H3,(H,23,27). The summed E-state index contributed by atoms with van der Waals surface area (Å²) in [6, 6.07) is 11.4. The van der Waals surface area contributed by atoms with Gasteiger partial charge in [-0.25, -0.2) is 14.5 Å². The maximum atomic E-state index is 12.5. The van der Waals surface area contributed by atoms with E-state index < -0.39 is 0 Å². The molecular formula is C20H20N6OS. The highest BCUT2D eigenvalue weighted by atomic mass is 32.2. The molecule has 0 aliphatic carbocycles. The van der Waals surface area contributed by atoms with E-state index in [-0.39, 0.29) is 5.91 Å². The van der Waals surface area contributed by atoms with Crippen molar-refractivity contribution in [2.75, 3.05) is 5.32 Å². The largest absolute Gasteiger partial charge is 0.329 e. The average Bonchev–Trinajstić information content (AvgIpc) is 3.28. The minimum absolute atomic E-state index is 0.186. The first kappa shape index (κ1) is 18.2. The molecular weight excluding hydrogens is 372 g/mol. The van der Waals surface area contributed by atoms with Crippen LogP contribution in [0.1, 0.15) is 29.3 Å². The number of benzene rings is 1. The SMILES string of the molecule is CCCc1ccc(C(=O)Nc2cn3nc(Sc4nccn4C)ccc3n2)cc1. The normalized spacial score (nSPS) is 11.1. The van der Waals surface area contributed by atoms with Crippen LogP contribution >= 0.6 is 11.8 Å². The Labute approximate surface area is 166 Å². The summed E-state index contributed by atoms with van der Waals surface area (Å²) < 4.78 is 3.59. The maximum Gasteiger partial charge on any atom is 0.256 e.